The average Bonchev–Trinajstić information content (AvgIpc) is 2.01. The van der Waals surface area contributed by atoms with Crippen molar-refractivity contribution in [1.82, 2.24) is 4.31 Å². The second kappa shape index (κ2) is 4.42. The van der Waals surface area contributed by atoms with Crippen LogP contribution in [0.5, 0.6) is 0 Å². The maximum absolute atomic E-state index is 11.8. The second-order valence-electron chi connectivity index (χ2n) is 4.10. The van der Waals surface area contributed by atoms with E-state index in [4.69, 9.17) is 0 Å². The molecule has 0 radical (unpaired) electrons. The molecule has 0 N–H and O–H groups in total. The summed E-state index contributed by atoms with van der Waals surface area (Å²) in [5.41, 5.74) is 0. The highest BCUT2D eigenvalue weighted by Crippen LogP contribution is 2.16. The fourth-order valence-corrected chi connectivity index (χ4v) is 2.70. The van der Waals surface area contributed by atoms with Gasteiger partial charge in [-0.25, -0.2) is 12.7 Å². The third kappa shape index (κ3) is 2.95. The molecular weight excluding hydrogens is 186 g/mol. The molecule has 0 rings (SSSR count). The van der Waals surface area contributed by atoms with E-state index in [0.717, 1.165) is 0 Å². The topological polar surface area (TPSA) is 37.4 Å². The maximum Gasteiger partial charge on any atom is 0.216 e. The van der Waals surface area contributed by atoms with Crippen molar-refractivity contribution in [1.29, 1.82) is 0 Å². The third-order valence-corrected chi connectivity index (χ3v) is 5.25. The minimum absolute atomic E-state index is 0.0335. The summed E-state index contributed by atoms with van der Waals surface area (Å²) in [6.07, 6.45) is 0. The van der Waals surface area contributed by atoms with Crippen LogP contribution in [0.2, 0.25) is 0 Å². The van der Waals surface area contributed by atoms with E-state index in [1.165, 1.54) is 4.31 Å². The SMILES string of the molecule is CC(C)C(C)S(=O)(=O)N(C)C(C)C. The Bertz CT molecular complexity index is 224. The van der Waals surface area contributed by atoms with E-state index >= 15 is 0 Å². The zero-order valence-corrected chi connectivity index (χ0v) is 10.2. The van der Waals surface area contributed by atoms with E-state index < -0.39 is 10.0 Å². The zero-order valence-electron chi connectivity index (χ0n) is 9.40. The van der Waals surface area contributed by atoms with Crippen LogP contribution in [0.25, 0.3) is 0 Å². The standard InChI is InChI=1S/C9H21NO2S/c1-7(2)9(5)13(11,12)10(6)8(3)4/h7-9H,1-6H3. The van der Waals surface area contributed by atoms with Gasteiger partial charge in [-0.3, -0.25) is 0 Å². The summed E-state index contributed by atoms with van der Waals surface area (Å²) >= 11 is 0. The van der Waals surface area contributed by atoms with Gasteiger partial charge >= 0.3 is 0 Å². The Labute approximate surface area is 82.2 Å². The van der Waals surface area contributed by atoms with Crippen LogP contribution in [0.4, 0.5) is 0 Å². The smallest absolute Gasteiger partial charge is 0.212 e. The van der Waals surface area contributed by atoms with Gasteiger partial charge in [-0.1, -0.05) is 13.8 Å². The molecule has 0 amide bonds. The lowest BCUT2D eigenvalue weighted by molar-refractivity contribution is 0.395. The molecule has 0 aliphatic carbocycles. The predicted molar refractivity (Wildman–Crippen MR) is 56.1 cm³/mol. The molecule has 0 heterocycles. The lowest BCUT2D eigenvalue weighted by atomic mass is 10.2. The van der Waals surface area contributed by atoms with Gasteiger partial charge in [-0.15, -0.1) is 0 Å². The minimum atomic E-state index is -3.10. The second-order valence-corrected chi connectivity index (χ2v) is 6.45. The molecule has 0 aliphatic heterocycles. The first-order valence-electron chi connectivity index (χ1n) is 4.68. The molecule has 1 atom stereocenters. The molecule has 80 valence electrons. The Morgan fingerprint density at radius 3 is 1.62 bits per heavy atom. The Kier molecular flexibility index (Phi) is 4.39. The van der Waals surface area contributed by atoms with Gasteiger partial charge in [-0.05, 0) is 26.7 Å². The number of rotatable bonds is 4. The van der Waals surface area contributed by atoms with Gasteiger partial charge in [0.05, 0.1) is 5.25 Å². The van der Waals surface area contributed by atoms with Gasteiger partial charge < -0.3 is 0 Å². The highest BCUT2D eigenvalue weighted by atomic mass is 32.2. The highest BCUT2D eigenvalue weighted by Gasteiger charge is 2.29. The molecule has 0 aliphatic rings. The summed E-state index contributed by atoms with van der Waals surface area (Å²) < 4.78 is 25.1. The van der Waals surface area contributed by atoms with Crippen molar-refractivity contribution >= 4 is 10.0 Å². The van der Waals surface area contributed by atoms with Crippen LogP contribution in [0.1, 0.15) is 34.6 Å². The molecule has 0 saturated carbocycles. The molecule has 0 aromatic carbocycles. The van der Waals surface area contributed by atoms with Crippen LogP contribution in [0.15, 0.2) is 0 Å². The van der Waals surface area contributed by atoms with Crippen molar-refractivity contribution in [3.8, 4) is 0 Å². The molecule has 0 bridgehead atoms. The number of nitrogens with zero attached hydrogens (tertiary/aromatic N) is 1. The molecule has 1 unspecified atom stereocenters. The molecule has 0 saturated heterocycles. The first-order valence-corrected chi connectivity index (χ1v) is 6.18. The van der Waals surface area contributed by atoms with Crippen LogP contribution in [-0.4, -0.2) is 31.1 Å². The molecule has 0 spiro atoms. The van der Waals surface area contributed by atoms with E-state index in [1.807, 2.05) is 27.7 Å². The van der Waals surface area contributed by atoms with Crippen LogP contribution in [-0.2, 0) is 10.0 Å². The highest BCUT2D eigenvalue weighted by molar-refractivity contribution is 7.89. The molecule has 0 aromatic heterocycles. The summed E-state index contributed by atoms with van der Waals surface area (Å²) in [5.74, 6) is 0.159. The minimum Gasteiger partial charge on any atom is -0.212 e. The predicted octanol–water partition coefficient (Wildman–Crippen LogP) is 1.70. The molecular formula is C9H21NO2S. The molecule has 0 aromatic rings. The van der Waals surface area contributed by atoms with E-state index in [2.05, 4.69) is 0 Å². The van der Waals surface area contributed by atoms with E-state index in [1.54, 1.807) is 14.0 Å². The lowest BCUT2D eigenvalue weighted by Gasteiger charge is -2.26. The lowest BCUT2D eigenvalue weighted by Crippen LogP contribution is -2.40. The number of hydrogen-bond donors (Lipinski definition) is 0. The van der Waals surface area contributed by atoms with Crippen LogP contribution < -0.4 is 0 Å². The van der Waals surface area contributed by atoms with Crippen molar-refractivity contribution in [2.24, 2.45) is 5.92 Å². The van der Waals surface area contributed by atoms with Crippen molar-refractivity contribution < 1.29 is 8.42 Å². The first kappa shape index (κ1) is 12.9. The van der Waals surface area contributed by atoms with Crippen LogP contribution in [0, 0.1) is 5.92 Å². The summed E-state index contributed by atoms with van der Waals surface area (Å²) in [5, 5.41) is -0.306. The third-order valence-electron chi connectivity index (χ3n) is 2.54. The van der Waals surface area contributed by atoms with Crippen LogP contribution >= 0.6 is 0 Å². The van der Waals surface area contributed by atoms with E-state index in [0.29, 0.717) is 0 Å². The van der Waals surface area contributed by atoms with Gasteiger partial charge in [-0.2, -0.15) is 0 Å². The Balaban J connectivity index is 4.77. The van der Waals surface area contributed by atoms with Gasteiger partial charge in [0.2, 0.25) is 10.0 Å². The summed E-state index contributed by atoms with van der Waals surface area (Å²) in [6, 6.07) is 0.0335. The summed E-state index contributed by atoms with van der Waals surface area (Å²) in [4.78, 5) is 0. The average molecular weight is 207 g/mol. The van der Waals surface area contributed by atoms with Crippen LogP contribution in [0.3, 0.4) is 0 Å². The van der Waals surface area contributed by atoms with Gasteiger partial charge in [0, 0.05) is 13.1 Å². The first-order chi connectivity index (χ1) is 5.71. The molecule has 13 heavy (non-hydrogen) atoms. The van der Waals surface area contributed by atoms with Gasteiger partial charge in [0.25, 0.3) is 0 Å². The quantitative estimate of drug-likeness (QED) is 0.703. The van der Waals surface area contributed by atoms with Gasteiger partial charge in [0.1, 0.15) is 0 Å². The fourth-order valence-electron chi connectivity index (χ4n) is 0.900. The van der Waals surface area contributed by atoms with E-state index in [9.17, 15) is 8.42 Å². The van der Waals surface area contributed by atoms with Crippen molar-refractivity contribution in [3.05, 3.63) is 0 Å². The van der Waals surface area contributed by atoms with Crippen molar-refractivity contribution in [2.45, 2.75) is 45.9 Å². The number of hydrogen-bond acceptors (Lipinski definition) is 2. The Morgan fingerprint density at radius 1 is 1.00 bits per heavy atom. The Morgan fingerprint density at radius 2 is 1.38 bits per heavy atom. The summed E-state index contributed by atoms with van der Waals surface area (Å²) in [6.45, 7) is 9.38. The molecule has 4 heteroatoms. The fraction of sp³-hybridized carbons (Fsp3) is 1.00. The van der Waals surface area contributed by atoms with Crippen molar-refractivity contribution in [3.63, 3.8) is 0 Å². The van der Waals surface area contributed by atoms with Gasteiger partial charge in [0.15, 0.2) is 0 Å². The Hall–Kier alpha value is -0.0900. The van der Waals surface area contributed by atoms with E-state index in [-0.39, 0.29) is 17.2 Å². The zero-order chi connectivity index (χ0) is 10.8. The largest absolute Gasteiger partial charge is 0.216 e. The number of sulfonamides is 1. The maximum atomic E-state index is 11.8. The normalized spacial score (nSPS) is 15.8. The molecule has 0 fully saturated rings. The monoisotopic (exact) mass is 207 g/mol. The summed E-state index contributed by atoms with van der Waals surface area (Å²) in [7, 11) is -1.47. The van der Waals surface area contributed by atoms with Crippen molar-refractivity contribution in [2.75, 3.05) is 7.05 Å². The molecule has 3 nitrogen and oxygen atoms in total.